The van der Waals surface area contributed by atoms with E-state index in [0.717, 1.165) is 12.0 Å². The molecule has 21 heavy (non-hydrogen) atoms. The van der Waals surface area contributed by atoms with Gasteiger partial charge in [0.05, 0.1) is 15.6 Å². The highest BCUT2D eigenvalue weighted by Gasteiger charge is 2.12. The van der Waals surface area contributed by atoms with E-state index in [-0.39, 0.29) is 11.7 Å². The van der Waals surface area contributed by atoms with Crippen LogP contribution in [0.15, 0.2) is 42.5 Å². The largest absolute Gasteiger partial charge is 0.377 e. The summed E-state index contributed by atoms with van der Waals surface area (Å²) in [6.07, 6.45) is 1.01. The molecule has 0 aliphatic heterocycles. The number of nitro benzene ring substituents is 1. The Morgan fingerprint density at radius 1 is 1.24 bits per heavy atom. The number of hydrogen-bond donors (Lipinski definition) is 1. The Morgan fingerprint density at radius 3 is 2.43 bits per heavy atom. The number of nitro groups is 1. The number of benzene rings is 2. The fourth-order valence-corrected chi connectivity index (χ4v) is 2.32. The van der Waals surface area contributed by atoms with Crippen molar-refractivity contribution in [2.75, 3.05) is 5.32 Å². The van der Waals surface area contributed by atoms with E-state index in [2.05, 4.69) is 36.5 Å². The molecule has 1 unspecified atom stereocenters. The molecule has 0 spiro atoms. The first-order valence-electron chi connectivity index (χ1n) is 6.80. The van der Waals surface area contributed by atoms with Crippen LogP contribution in [0.5, 0.6) is 0 Å². The van der Waals surface area contributed by atoms with E-state index in [1.807, 2.05) is 6.92 Å². The van der Waals surface area contributed by atoms with Crippen molar-refractivity contribution in [3.63, 3.8) is 0 Å². The van der Waals surface area contributed by atoms with Crippen LogP contribution in [0.4, 0.5) is 11.4 Å². The summed E-state index contributed by atoms with van der Waals surface area (Å²) in [6, 6.07) is 12.9. The molecular weight excluding hydrogens is 288 g/mol. The minimum atomic E-state index is -0.456. The van der Waals surface area contributed by atoms with Crippen LogP contribution in [0.3, 0.4) is 0 Å². The molecule has 2 aromatic carbocycles. The average molecular weight is 305 g/mol. The van der Waals surface area contributed by atoms with Crippen LogP contribution in [0.1, 0.15) is 31.0 Å². The second kappa shape index (κ2) is 6.59. The van der Waals surface area contributed by atoms with Crippen molar-refractivity contribution in [1.29, 1.82) is 0 Å². The first kappa shape index (κ1) is 15.3. The lowest BCUT2D eigenvalue weighted by atomic mass is 10.0. The highest BCUT2D eigenvalue weighted by Crippen LogP contribution is 2.29. The first-order chi connectivity index (χ1) is 10.0. The van der Waals surface area contributed by atoms with E-state index in [4.69, 9.17) is 11.6 Å². The average Bonchev–Trinajstić information content (AvgIpc) is 2.49. The van der Waals surface area contributed by atoms with E-state index < -0.39 is 4.92 Å². The maximum absolute atomic E-state index is 10.7. The number of anilines is 1. The molecule has 4 nitrogen and oxygen atoms in total. The van der Waals surface area contributed by atoms with Gasteiger partial charge >= 0.3 is 0 Å². The van der Waals surface area contributed by atoms with E-state index >= 15 is 0 Å². The number of halogens is 1. The predicted molar refractivity (Wildman–Crippen MR) is 86.0 cm³/mol. The molecule has 2 rings (SSSR count). The molecule has 0 heterocycles. The monoisotopic (exact) mass is 304 g/mol. The van der Waals surface area contributed by atoms with Crippen LogP contribution in [0.25, 0.3) is 0 Å². The van der Waals surface area contributed by atoms with E-state index in [0.29, 0.717) is 10.7 Å². The van der Waals surface area contributed by atoms with Gasteiger partial charge in [-0.1, -0.05) is 42.8 Å². The van der Waals surface area contributed by atoms with Crippen molar-refractivity contribution >= 4 is 23.0 Å². The zero-order valence-electron chi connectivity index (χ0n) is 12.0. The van der Waals surface area contributed by atoms with Gasteiger partial charge in [0, 0.05) is 18.2 Å². The van der Waals surface area contributed by atoms with Crippen LogP contribution in [0.2, 0.25) is 5.02 Å². The third-order valence-corrected chi connectivity index (χ3v) is 3.74. The molecule has 0 bridgehead atoms. The van der Waals surface area contributed by atoms with Gasteiger partial charge in [0.1, 0.15) is 0 Å². The molecule has 0 aromatic heterocycles. The lowest BCUT2D eigenvalue weighted by molar-refractivity contribution is -0.384. The second-order valence-electron chi connectivity index (χ2n) is 4.88. The van der Waals surface area contributed by atoms with Crippen LogP contribution < -0.4 is 5.32 Å². The van der Waals surface area contributed by atoms with Gasteiger partial charge < -0.3 is 5.32 Å². The van der Waals surface area contributed by atoms with Crippen LogP contribution in [0, 0.1) is 10.1 Å². The van der Waals surface area contributed by atoms with E-state index in [1.54, 1.807) is 6.07 Å². The molecule has 0 amide bonds. The molecular formula is C16H17ClN2O2. The summed E-state index contributed by atoms with van der Waals surface area (Å²) in [5.74, 6) is 0. The Morgan fingerprint density at radius 2 is 1.90 bits per heavy atom. The summed E-state index contributed by atoms with van der Waals surface area (Å²) >= 11 is 6.09. The molecule has 5 heteroatoms. The number of aryl methyl sites for hydroxylation is 1. The second-order valence-corrected chi connectivity index (χ2v) is 5.29. The number of hydrogen-bond acceptors (Lipinski definition) is 3. The molecule has 0 saturated carbocycles. The van der Waals surface area contributed by atoms with Crippen LogP contribution in [-0.4, -0.2) is 4.92 Å². The Kier molecular flexibility index (Phi) is 4.81. The summed E-state index contributed by atoms with van der Waals surface area (Å²) in [6.45, 7) is 4.14. The fraction of sp³-hybridized carbons (Fsp3) is 0.250. The Bertz CT molecular complexity index is 641. The fourth-order valence-electron chi connectivity index (χ4n) is 2.09. The van der Waals surface area contributed by atoms with E-state index in [9.17, 15) is 10.1 Å². The number of nitrogens with zero attached hydrogens (tertiary/aromatic N) is 1. The number of non-ortho nitro benzene ring substituents is 1. The van der Waals surface area contributed by atoms with Gasteiger partial charge in [0.2, 0.25) is 0 Å². The van der Waals surface area contributed by atoms with Gasteiger partial charge in [-0.05, 0) is 30.5 Å². The molecule has 0 aliphatic rings. The predicted octanol–water partition coefficient (Wildman–Crippen LogP) is 4.98. The van der Waals surface area contributed by atoms with E-state index in [1.165, 1.54) is 17.7 Å². The molecule has 1 atom stereocenters. The standard InChI is InChI=1S/C16H17ClN2O2/c1-3-12-4-6-13(7-5-12)11(2)18-16-9-8-14(19(20)21)10-15(16)17/h4-11,18H,3H2,1-2H3. The molecule has 0 aliphatic carbocycles. The Balaban J connectivity index is 2.14. The minimum Gasteiger partial charge on any atom is -0.377 e. The van der Waals surface area contributed by atoms with Crippen molar-refractivity contribution < 1.29 is 4.92 Å². The molecule has 0 saturated heterocycles. The lowest BCUT2D eigenvalue weighted by Crippen LogP contribution is -2.07. The topological polar surface area (TPSA) is 55.2 Å². The van der Waals surface area contributed by atoms with Gasteiger partial charge in [-0.2, -0.15) is 0 Å². The maximum atomic E-state index is 10.7. The van der Waals surface area contributed by atoms with Gasteiger partial charge in [0.25, 0.3) is 5.69 Å². The third kappa shape index (κ3) is 3.73. The SMILES string of the molecule is CCc1ccc(C(C)Nc2ccc([N+](=O)[O-])cc2Cl)cc1. The number of nitrogens with one attached hydrogen (secondary N) is 1. The van der Waals surface area contributed by atoms with Crippen LogP contribution in [-0.2, 0) is 6.42 Å². The zero-order valence-corrected chi connectivity index (χ0v) is 12.7. The summed E-state index contributed by atoms with van der Waals surface area (Å²) in [5.41, 5.74) is 3.11. The third-order valence-electron chi connectivity index (χ3n) is 3.42. The molecule has 2 aromatic rings. The van der Waals surface area contributed by atoms with Gasteiger partial charge in [-0.3, -0.25) is 10.1 Å². The zero-order chi connectivity index (χ0) is 15.4. The Hall–Kier alpha value is -2.07. The Labute approximate surface area is 128 Å². The van der Waals surface area contributed by atoms with Crippen molar-refractivity contribution in [2.24, 2.45) is 0 Å². The number of rotatable bonds is 5. The maximum Gasteiger partial charge on any atom is 0.271 e. The summed E-state index contributed by atoms with van der Waals surface area (Å²) in [7, 11) is 0. The van der Waals surface area contributed by atoms with Gasteiger partial charge in [0.15, 0.2) is 0 Å². The van der Waals surface area contributed by atoms with Crippen molar-refractivity contribution in [2.45, 2.75) is 26.3 Å². The minimum absolute atomic E-state index is 0.00879. The van der Waals surface area contributed by atoms with Gasteiger partial charge in [-0.25, -0.2) is 0 Å². The molecule has 0 radical (unpaired) electrons. The normalized spacial score (nSPS) is 12.0. The quantitative estimate of drug-likeness (QED) is 0.626. The summed E-state index contributed by atoms with van der Waals surface area (Å²) in [5, 5.41) is 14.3. The van der Waals surface area contributed by atoms with Crippen molar-refractivity contribution in [3.05, 3.63) is 68.7 Å². The summed E-state index contributed by atoms with van der Waals surface area (Å²) in [4.78, 5) is 10.2. The highest BCUT2D eigenvalue weighted by molar-refractivity contribution is 6.33. The highest BCUT2D eigenvalue weighted by atomic mass is 35.5. The van der Waals surface area contributed by atoms with Gasteiger partial charge in [-0.15, -0.1) is 0 Å². The molecule has 0 fully saturated rings. The first-order valence-corrected chi connectivity index (χ1v) is 7.18. The van der Waals surface area contributed by atoms with Crippen LogP contribution >= 0.6 is 11.6 Å². The lowest BCUT2D eigenvalue weighted by Gasteiger charge is -2.17. The molecule has 1 N–H and O–H groups in total. The molecule has 110 valence electrons. The van der Waals surface area contributed by atoms with Crippen molar-refractivity contribution in [1.82, 2.24) is 0 Å². The summed E-state index contributed by atoms with van der Waals surface area (Å²) < 4.78 is 0. The smallest absolute Gasteiger partial charge is 0.271 e. The van der Waals surface area contributed by atoms with Crippen molar-refractivity contribution in [3.8, 4) is 0 Å².